The smallest absolute Gasteiger partial charge is 0.475 e. The molecule has 0 aliphatic carbocycles. The van der Waals surface area contributed by atoms with Crippen molar-refractivity contribution in [2.45, 2.75) is 37.7 Å². The average Bonchev–Trinajstić information content (AvgIpc) is 3.60. The second-order valence-corrected chi connectivity index (χ2v) is 10.7. The zero-order valence-electron chi connectivity index (χ0n) is 25.4. The number of carbonyl (C=O) groups is 4. The molecule has 2 aromatic heterocycles. The number of pyridine rings is 1. The van der Waals surface area contributed by atoms with E-state index < -0.39 is 24.3 Å². The van der Waals surface area contributed by atoms with Crippen LogP contribution in [0.5, 0.6) is 0 Å². The number of nitrogens with zero attached hydrogens (tertiary/aromatic N) is 6. The topological polar surface area (TPSA) is 151 Å². The van der Waals surface area contributed by atoms with Gasteiger partial charge in [-0.05, 0) is 45.0 Å². The highest BCUT2D eigenvalue weighted by Gasteiger charge is 2.39. The predicted molar refractivity (Wildman–Crippen MR) is 151 cm³/mol. The van der Waals surface area contributed by atoms with Gasteiger partial charge in [0.1, 0.15) is 5.82 Å². The Labute approximate surface area is 260 Å². The first kappa shape index (κ1) is 38.1. The minimum Gasteiger partial charge on any atom is -0.475 e. The Morgan fingerprint density at radius 3 is 2.04 bits per heavy atom. The van der Waals surface area contributed by atoms with Crippen LogP contribution in [0.1, 0.15) is 41.6 Å². The zero-order valence-corrected chi connectivity index (χ0v) is 25.4. The van der Waals surface area contributed by atoms with Gasteiger partial charge in [0.2, 0.25) is 0 Å². The number of aliphatic carboxylic acids is 2. The van der Waals surface area contributed by atoms with Crippen molar-refractivity contribution in [3.8, 4) is 0 Å². The average molecular weight is 670 g/mol. The van der Waals surface area contributed by atoms with Crippen LogP contribution >= 0.6 is 0 Å². The summed E-state index contributed by atoms with van der Waals surface area (Å²) in [5, 5.41) is 17.3. The second kappa shape index (κ2) is 16.4. The first-order valence-electron chi connectivity index (χ1n) is 14.1. The number of halogens is 6. The van der Waals surface area contributed by atoms with Gasteiger partial charge in [0.15, 0.2) is 5.69 Å². The van der Waals surface area contributed by atoms with Crippen molar-refractivity contribution >= 4 is 29.4 Å². The summed E-state index contributed by atoms with van der Waals surface area (Å²) in [6.07, 6.45) is -5.54. The molecule has 2 fully saturated rings. The van der Waals surface area contributed by atoms with Crippen LogP contribution < -0.4 is 5.32 Å². The first-order valence-corrected chi connectivity index (χ1v) is 14.1. The van der Waals surface area contributed by atoms with Gasteiger partial charge < -0.3 is 39.5 Å². The quantitative estimate of drug-likeness (QED) is 0.312. The van der Waals surface area contributed by atoms with E-state index in [-0.39, 0.29) is 18.0 Å². The molecule has 0 bridgehead atoms. The molecule has 2 aromatic rings. The zero-order chi connectivity index (χ0) is 34.8. The fourth-order valence-corrected chi connectivity index (χ4v) is 4.64. The van der Waals surface area contributed by atoms with Crippen molar-refractivity contribution in [2.24, 2.45) is 0 Å². The summed E-state index contributed by atoms with van der Waals surface area (Å²) in [4.78, 5) is 56.5. The third-order valence-electron chi connectivity index (χ3n) is 6.99. The number of hydrogen-bond donors (Lipinski definition) is 3. The molecule has 2 aliphatic heterocycles. The SMILES string of the molecule is CN1CCN(CCCNC(=O)c2nc(C3CCCN3C(=O)N(C)C)n3ccccc23)CC1.O=C(O)C(F)(F)F.O=C(O)C(F)(F)F. The highest BCUT2D eigenvalue weighted by atomic mass is 19.4. The van der Waals surface area contributed by atoms with Gasteiger partial charge >= 0.3 is 30.3 Å². The van der Waals surface area contributed by atoms with Crippen LogP contribution in [0.4, 0.5) is 31.1 Å². The van der Waals surface area contributed by atoms with E-state index in [1.54, 1.807) is 19.0 Å². The number of hydrogen-bond acceptors (Lipinski definition) is 7. The fourth-order valence-electron chi connectivity index (χ4n) is 4.64. The summed E-state index contributed by atoms with van der Waals surface area (Å²) in [5.74, 6) is -4.90. The maximum atomic E-state index is 13.0. The van der Waals surface area contributed by atoms with E-state index in [9.17, 15) is 35.9 Å². The number of fused-ring (bicyclic) bond motifs is 1. The third-order valence-corrected chi connectivity index (χ3v) is 6.99. The molecule has 1 atom stereocenters. The minimum absolute atomic E-state index is 0.0184. The number of carbonyl (C=O) groups excluding carboxylic acids is 2. The number of urea groups is 1. The molecular weight excluding hydrogens is 632 g/mol. The highest BCUT2D eigenvalue weighted by Crippen LogP contribution is 2.33. The molecule has 3 amide bonds. The Morgan fingerprint density at radius 2 is 1.52 bits per heavy atom. The van der Waals surface area contributed by atoms with E-state index in [1.165, 1.54) is 0 Å². The van der Waals surface area contributed by atoms with Gasteiger partial charge in [-0.3, -0.25) is 4.79 Å². The summed E-state index contributed by atoms with van der Waals surface area (Å²) in [6, 6.07) is 5.63. The number of nitrogens with one attached hydrogen (secondary N) is 1. The van der Waals surface area contributed by atoms with Crippen LogP contribution in [0.3, 0.4) is 0 Å². The van der Waals surface area contributed by atoms with Gasteiger partial charge in [-0.1, -0.05) is 6.07 Å². The molecule has 0 saturated carbocycles. The number of imidazole rings is 1. The molecule has 0 aromatic carbocycles. The molecule has 1 unspecified atom stereocenters. The molecule has 46 heavy (non-hydrogen) atoms. The molecule has 3 N–H and O–H groups in total. The maximum Gasteiger partial charge on any atom is 0.490 e. The number of likely N-dealkylation sites (tertiary alicyclic amines) is 1. The van der Waals surface area contributed by atoms with Gasteiger partial charge in [0.05, 0.1) is 11.6 Å². The molecule has 2 saturated heterocycles. The number of carboxylic acid groups (broad SMARTS) is 2. The first-order chi connectivity index (χ1) is 21.3. The van der Waals surface area contributed by atoms with Crippen molar-refractivity contribution < 1.29 is 55.7 Å². The standard InChI is InChI=1S/C23H35N7O2.2C2HF3O2/c1-26(2)23(32)30-13-6-9-19(30)21-25-20(18-8-4-5-12-29(18)21)22(31)24-10-7-11-28-16-14-27(3)15-17-28;2*3-2(4,5)1(6)7/h4-5,8,12,19H,6-7,9-11,13-17H2,1-3H3,(H,24,31);2*(H,6,7). The van der Waals surface area contributed by atoms with Crippen LogP contribution in [0.2, 0.25) is 0 Å². The Bertz CT molecular complexity index is 1320. The number of likely N-dealkylation sites (N-methyl/N-ethyl adjacent to an activating group) is 1. The lowest BCUT2D eigenvalue weighted by atomic mass is 10.2. The molecular formula is C27H37F6N7O6. The lowest BCUT2D eigenvalue weighted by Gasteiger charge is -2.32. The summed E-state index contributed by atoms with van der Waals surface area (Å²) in [6.45, 7) is 6.70. The van der Waals surface area contributed by atoms with E-state index in [4.69, 9.17) is 24.8 Å². The van der Waals surface area contributed by atoms with Crippen LogP contribution in [0, 0.1) is 0 Å². The van der Waals surface area contributed by atoms with Crippen molar-refractivity contribution in [1.82, 2.24) is 34.3 Å². The van der Waals surface area contributed by atoms with E-state index >= 15 is 0 Å². The summed E-state index contributed by atoms with van der Waals surface area (Å²) in [5.41, 5.74) is 1.22. The van der Waals surface area contributed by atoms with Crippen molar-refractivity contribution in [2.75, 3.05) is 67.0 Å². The number of carboxylic acids is 2. The Balaban J connectivity index is 0.000000440. The number of alkyl halides is 6. The molecule has 19 heteroatoms. The largest absolute Gasteiger partial charge is 0.490 e. The second-order valence-electron chi connectivity index (χ2n) is 10.7. The Morgan fingerprint density at radius 1 is 0.957 bits per heavy atom. The fraction of sp³-hybridized carbons (Fsp3) is 0.593. The molecule has 0 spiro atoms. The van der Waals surface area contributed by atoms with E-state index in [0.29, 0.717) is 18.8 Å². The lowest BCUT2D eigenvalue weighted by molar-refractivity contribution is -0.193. The molecule has 4 rings (SSSR count). The van der Waals surface area contributed by atoms with Gasteiger partial charge in [-0.2, -0.15) is 26.3 Å². The maximum absolute atomic E-state index is 13.0. The summed E-state index contributed by atoms with van der Waals surface area (Å²) >= 11 is 0. The summed E-state index contributed by atoms with van der Waals surface area (Å²) in [7, 11) is 5.69. The Kier molecular flexibility index (Phi) is 13.6. The van der Waals surface area contributed by atoms with Crippen molar-refractivity contribution in [3.05, 3.63) is 35.9 Å². The van der Waals surface area contributed by atoms with E-state index in [0.717, 1.165) is 63.3 Å². The summed E-state index contributed by atoms with van der Waals surface area (Å²) < 4.78 is 65.4. The molecule has 2 aliphatic rings. The van der Waals surface area contributed by atoms with Crippen LogP contribution in [-0.4, -0.2) is 142 Å². The van der Waals surface area contributed by atoms with Crippen molar-refractivity contribution in [1.29, 1.82) is 0 Å². The van der Waals surface area contributed by atoms with Gasteiger partial charge in [-0.15, -0.1) is 0 Å². The predicted octanol–water partition coefficient (Wildman–Crippen LogP) is 2.79. The highest BCUT2D eigenvalue weighted by molar-refractivity contribution is 5.99. The lowest BCUT2D eigenvalue weighted by Crippen LogP contribution is -2.45. The van der Waals surface area contributed by atoms with E-state index in [1.807, 2.05) is 33.7 Å². The van der Waals surface area contributed by atoms with Crippen molar-refractivity contribution in [3.63, 3.8) is 0 Å². The number of amides is 3. The van der Waals surface area contributed by atoms with Gasteiger partial charge in [0.25, 0.3) is 5.91 Å². The molecule has 258 valence electrons. The number of rotatable bonds is 6. The van der Waals surface area contributed by atoms with Gasteiger partial charge in [0, 0.05) is 59.6 Å². The Hall–Kier alpha value is -4.13. The molecule has 0 radical (unpaired) electrons. The van der Waals surface area contributed by atoms with E-state index in [2.05, 4.69) is 22.2 Å². The monoisotopic (exact) mass is 669 g/mol. The molecule has 4 heterocycles. The number of piperazine rings is 1. The minimum atomic E-state index is -5.08. The number of aromatic nitrogens is 2. The normalized spacial score (nSPS) is 17.4. The third kappa shape index (κ3) is 11.0. The van der Waals surface area contributed by atoms with Crippen LogP contribution in [0.25, 0.3) is 5.52 Å². The van der Waals surface area contributed by atoms with Gasteiger partial charge in [-0.25, -0.2) is 19.4 Å². The van der Waals surface area contributed by atoms with Crippen LogP contribution in [-0.2, 0) is 9.59 Å². The molecule has 13 nitrogen and oxygen atoms in total. The van der Waals surface area contributed by atoms with Crippen LogP contribution in [0.15, 0.2) is 24.4 Å².